The van der Waals surface area contributed by atoms with Crippen LogP contribution in [0.25, 0.3) is 0 Å². The van der Waals surface area contributed by atoms with Gasteiger partial charge in [0.1, 0.15) is 11.9 Å². The Kier molecular flexibility index (Phi) is 4.42. The number of H-pyrrole nitrogens is 1. The highest BCUT2D eigenvalue weighted by atomic mass is 16.5. The van der Waals surface area contributed by atoms with E-state index in [0.717, 1.165) is 11.7 Å². The van der Waals surface area contributed by atoms with E-state index in [1.807, 2.05) is 12.1 Å². The maximum absolute atomic E-state index is 8.12. The van der Waals surface area contributed by atoms with Crippen molar-refractivity contribution in [3.05, 3.63) is 36.0 Å². The van der Waals surface area contributed by atoms with E-state index in [0.29, 0.717) is 5.88 Å². The summed E-state index contributed by atoms with van der Waals surface area (Å²) in [7, 11) is 0. The van der Waals surface area contributed by atoms with Crippen LogP contribution in [0.2, 0.25) is 0 Å². The monoisotopic (exact) mass is 259 g/mol. The number of hydrogen-bond donors (Lipinski definition) is 1. The highest BCUT2D eigenvalue weighted by Gasteiger charge is 2.19. The molecule has 1 heterocycles. The lowest BCUT2D eigenvalue weighted by atomic mass is 9.80. The Morgan fingerprint density at radius 3 is 2.68 bits per heavy atom. The quantitative estimate of drug-likeness (QED) is 0.913. The average molecular weight is 259 g/mol. The van der Waals surface area contributed by atoms with Gasteiger partial charge in [0.2, 0.25) is 0 Å². The average Bonchev–Trinajstić information content (AvgIpc) is 2.81. The normalized spacial score (nSPS) is 13.7. The summed E-state index contributed by atoms with van der Waals surface area (Å²) in [5.41, 5.74) is 1.37. The van der Waals surface area contributed by atoms with Gasteiger partial charge < -0.3 is 4.74 Å². The molecular weight excluding hydrogens is 246 g/mol. The van der Waals surface area contributed by atoms with Crippen LogP contribution in [-0.4, -0.2) is 21.6 Å². The largest absolute Gasteiger partial charge is 0.436 e. The summed E-state index contributed by atoms with van der Waals surface area (Å²) in [5.74, 6) is 2.06. The molecule has 1 aromatic carbocycles. The molecular formula is C13H13N3O3. The van der Waals surface area contributed by atoms with Crippen LogP contribution in [0.5, 0.6) is 11.6 Å². The highest BCUT2D eigenvalue weighted by Crippen LogP contribution is 2.37. The minimum Gasteiger partial charge on any atom is -0.436 e. The van der Waals surface area contributed by atoms with Gasteiger partial charge in [-0.15, -0.1) is 5.10 Å². The van der Waals surface area contributed by atoms with Crippen LogP contribution in [0, 0.1) is 0 Å². The van der Waals surface area contributed by atoms with Crippen molar-refractivity contribution in [2.24, 2.45) is 0 Å². The third-order valence-electron chi connectivity index (χ3n) is 3.05. The minimum atomic E-state index is 0.250. The molecule has 1 aliphatic rings. The Balaban J connectivity index is 0.000000408. The summed E-state index contributed by atoms with van der Waals surface area (Å²) in [6, 6.07) is 8.23. The van der Waals surface area contributed by atoms with Crippen LogP contribution in [0.1, 0.15) is 30.7 Å². The van der Waals surface area contributed by atoms with Gasteiger partial charge in [-0.1, -0.05) is 18.6 Å². The van der Waals surface area contributed by atoms with E-state index in [4.69, 9.17) is 14.3 Å². The van der Waals surface area contributed by atoms with Gasteiger partial charge in [0, 0.05) is 0 Å². The standard InChI is InChI=1S/C12H13N3O.CO2/c1-3-9(4-1)10-5-2-6-11(7-10)16-12-8-13-15-14-12;2-1-3/h2,5-9H,1,3-4H2,(H,13,14,15);. The molecule has 0 aliphatic heterocycles. The maximum Gasteiger partial charge on any atom is 0.373 e. The molecule has 2 aromatic rings. The molecule has 0 saturated heterocycles. The lowest BCUT2D eigenvalue weighted by Crippen LogP contribution is -2.08. The first-order valence-electron chi connectivity index (χ1n) is 5.96. The van der Waals surface area contributed by atoms with E-state index in [9.17, 15) is 0 Å². The van der Waals surface area contributed by atoms with Crippen molar-refractivity contribution in [1.82, 2.24) is 15.4 Å². The third-order valence-corrected chi connectivity index (χ3v) is 3.05. The van der Waals surface area contributed by atoms with Crippen LogP contribution in [0.15, 0.2) is 30.5 Å². The van der Waals surface area contributed by atoms with Gasteiger partial charge in [0.25, 0.3) is 5.88 Å². The molecule has 6 nitrogen and oxygen atoms in total. The number of carbonyl (C=O) groups excluding carboxylic acids is 2. The molecule has 98 valence electrons. The molecule has 0 bridgehead atoms. The molecule has 1 N–H and O–H groups in total. The van der Waals surface area contributed by atoms with Gasteiger partial charge in [-0.25, -0.2) is 0 Å². The summed E-state index contributed by atoms with van der Waals surface area (Å²) >= 11 is 0. The van der Waals surface area contributed by atoms with Crippen LogP contribution < -0.4 is 4.74 Å². The summed E-state index contributed by atoms with van der Waals surface area (Å²) in [6.07, 6.45) is 5.76. The van der Waals surface area contributed by atoms with Crippen molar-refractivity contribution in [2.75, 3.05) is 0 Å². The predicted molar refractivity (Wildman–Crippen MR) is 64.5 cm³/mol. The Morgan fingerprint density at radius 2 is 2.11 bits per heavy atom. The second-order valence-electron chi connectivity index (χ2n) is 4.19. The first-order valence-corrected chi connectivity index (χ1v) is 5.96. The zero-order valence-corrected chi connectivity index (χ0v) is 10.2. The number of nitrogens with one attached hydrogen (secondary N) is 1. The first-order chi connectivity index (χ1) is 9.33. The van der Waals surface area contributed by atoms with E-state index in [1.54, 1.807) is 6.20 Å². The lowest BCUT2D eigenvalue weighted by molar-refractivity contribution is -0.191. The van der Waals surface area contributed by atoms with Crippen molar-refractivity contribution in [3.63, 3.8) is 0 Å². The number of aromatic nitrogens is 3. The van der Waals surface area contributed by atoms with Gasteiger partial charge in [0.05, 0.1) is 0 Å². The molecule has 0 radical (unpaired) electrons. The smallest absolute Gasteiger partial charge is 0.373 e. The molecule has 1 aliphatic carbocycles. The van der Waals surface area contributed by atoms with E-state index in [-0.39, 0.29) is 6.15 Å². The Morgan fingerprint density at radius 1 is 1.32 bits per heavy atom. The van der Waals surface area contributed by atoms with Crippen molar-refractivity contribution >= 4 is 6.15 Å². The fourth-order valence-electron chi connectivity index (χ4n) is 1.93. The van der Waals surface area contributed by atoms with Gasteiger partial charge in [-0.2, -0.15) is 19.9 Å². The number of aromatic amines is 1. The summed E-state index contributed by atoms with van der Waals surface area (Å²) in [5, 5.41) is 10.1. The van der Waals surface area contributed by atoms with E-state index >= 15 is 0 Å². The van der Waals surface area contributed by atoms with E-state index in [2.05, 4.69) is 27.5 Å². The maximum atomic E-state index is 8.12. The number of benzene rings is 1. The summed E-state index contributed by atoms with van der Waals surface area (Å²) < 4.78 is 5.57. The Labute approximate surface area is 109 Å². The van der Waals surface area contributed by atoms with Gasteiger partial charge in [0.15, 0.2) is 0 Å². The molecule has 0 spiro atoms. The lowest BCUT2D eigenvalue weighted by Gasteiger charge is -2.25. The second-order valence-corrected chi connectivity index (χ2v) is 4.19. The van der Waals surface area contributed by atoms with E-state index < -0.39 is 0 Å². The molecule has 19 heavy (non-hydrogen) atoms. The minimum absolute atomic E-state index is 0.250. The number of nitrogens with zero attached hydrogens (tertiary/aromatic N) is 2. The van der Waals surface area contributed by atoms with Crippen LogP contribution >= 0.6 is 0 Å². The predicted octanol–water partition coefficient (Wildman–Crippen LogP) is 2.28. The molecule has 0 amide bonds. The number of ether oxygens (including phenoxy) is 1. The third kappa shape index (κ3) is 3.50. The highest BCUT2D eigenvalue weighted by molar-refractivity contribution is 5.33. The number of hydrogen-bond acceptors (Lipinski definition) is 5. The van der Waals surface area contributed by atoms with Crippen molar-refractivity contribution < 1.29 is 14.3 Å². The molecule has 1 aromatic heterocycles. The Bertz CT molecular complexity index is 544. The fourth-order valence-corrected chi connectivity index (χ4v) is 1.93. The van der Waals surface area contributed by atoms with Crippen molar-refractivity contribution in [2.45, 2.75) is 25.2 Å². The molecule has 1 saturated carbocycles. The zero-order chi connectivity index (χ0) is 13.5. The first kappa shape index (κ1) is 13.0. The van der Waals surface area contributed by atoms with Gasteiger partial charge in [-0.3, -0.25) is 0 Å². The fraction of sp³-hybridized carbons (Fsp3) is 0.308. The second kappa shape index (κ2) is 6.47. The van der Waals surface area contributed by atoms with Gasteiger partial charge in [-0.05, 0) is 36.5 Å². The zero-order valence-electron chi connectivity index (χ0n) is 10.2. The Hall–Kier alpha value is -2.46. The molecule has 6 heteroatoms. The van der Waals surface area contributed by atoms with Crippen LogP contribution in [0.3, 0.4) is 0 Å². The summed E-state index contributed by atoms with van der Waals surface area (Å²) in [6.45, 7) is 0. The topological polar surface area (TPSA) is 84.9 Å². The SMILES string of the molecule is O=C=O.c1cc(Oc2cn[nH]n2)cc(C2CCC2)c1. The summed E-state index contributed by atoms with van der Waals surface area (Å²) in [4.78, 5) is 16.2. The van der Waals surface area contributed by atoms with Crippen molar-refractivity contribution in [1.29, 1.82) is 0 Å². The van der Waals surface area contributed by atoms with E-state index in [1.165, 1.54) is 24.8 Å². The van der Waals surface area contributed by atoms with Gasteiger partial charge >= 0.3 is 6.15 Å². The number of rotatable bonds is 3. The molecule has 1 fully saturated rings. The molecule has 0 unspecified atom stereocenters. The molecule has 0 atom stereocenters. The van der Waals surface area contributed by atoms with Crippen LogP contribution in [0.4, 0.5) is 0 Å². The van der Waals surface area contributed by atoms with Crippen LogP contribution in [-0.2, 0) is 9.59 Å². The van der Waals surface area contributed by atoms with Crippen molar-refractivity contribution in [3.8, 4) is 11.6 Å². The molecule has 3 rings (SSSR count).